The highest BCUT2D eigenvalue weighted by molar-refractivity contribution is 5.51. The predicted molar refractivity (Wildman–Crippen MR) is 72.1 cm³/mol. The SMILES string of the molecule is CCCNc1ncnc(-n2cnc(C)c2C)c1C. The van der Waals surface area contributed by atoms with E-state index in [4.69, 9.17) is 0 Å². The predicted octanol–water partition coefficient (Wildman–Crippen LogP) is 2.41. The molecule has 2 aromatic rings. The Labute approximate surface area is 107 Å². The second-order valence-corrected chi connectivity index (χ2v) is 4.38. The van der Waals surface area contributed by atoms with Crippen LogP contribution in [0, 0.1) is 20.8 Å². The molecule has 5 heteroatoms. The molecule has 2 rings (SSSR count). The zero-order chi connectivity index (χ0) is 13.1. The van der Waals surface area contributed by atoms with E-state index in [9.17, 15) is 0 Å². The van der Waals surface area contributed by atoms with E-state index in [0.29, 0.717) is 0 Å². The van der Waals surface area contributed by atoms with E-state index < -0.39 is 0 Å². The molecule has 0 aromatic carbocycles. The highest BCUT2D eigenvalue weighted by atomic mass is 15.1. The fourth-order valence-electron chi connectivity index (χ4n) is 1.82. The van der Waals surface area contributed by atoms with Gasteiger partial charge < -0.3 is 5.32 Å². The second kappa shape index (κ2) is 5.16. The van der Waals surface area contributed by atoms with Gasteiger partial charge in [0, 0.05) is 17.8 Å². The van der Waals surface area contributed by atoms with E-state index in [1.54, 1.807) is 6.33 Å². The van der Waals surface area contributed by atoms with Gasteiger partial charge in [-0.25, -0.2) is 15.0 Å². The fraction of sp³-hybridized carbons (Fsp3) is 0.462. The molecule has 96 valence electrons. The first-order valence-electron chi connectivity index (χ1n) is 6.21. The summed E-state index contributed by atoms with van der Waals surface area (Å²) in [5.74, 6) is 1.79. The Morgan fingerprint density at radius 3 is 2.56 bits per heavy atom. The van der Waals surface area contributed by atoms with Gasteiger partial charge in [0.25, 0.3) is 0 Å². The van der Waals surface area contributed by atoms with E-state index in [1.165, 1.54) is 0 Å². The number of aryl methyl sites for hydroxylation is 1. The molecule has 0 unspecified atom stereocenters. The lowest BCUT2D eigenvalue weighted by Crippen LogP contribution is -2.09. The van der Waals surface area contributed by atoms with Gasteiger partial charge in [0.2, 0.25) is 0 Å². The van der Waals surface area contributed by atoms with Crippen LogP contribution in [0.15, 0.2) is 12.7 Å². The molecule has 0 aliphatic heterocycles. The first-order valence-corrected chi connectivity index (χ1v) is 6.21. The average molecular weight is 245 g/mol. The molecular formula is C13H19N5. The molecule has 2 aromatic heterocycles. The third-order valence-corrected chi connectivity index (χ3v) is 3.08. The number of hydrogen-bond donors (Lipinski definition) is 1. The monoisotopic (exact) mass is 245 g/mol. The van der Waals surface area contributed by atoms with Crippen LogP contribution in [-0.4, -0.2) is 26.1 Å². The average Bonchev–Trinajstić information content (AvgIpc) is 2.69. The van der Waals surface area contributed by atoms with E-state index in [-0.39, 0.29) is 0 Å². The zero-order valence-corrected chi connectivity index (χ0v) is 11.4. The van der Waals surface area contributed by atoms with Gasteiger partial charge >= 0.3 is 0 Å². The summed E-state index contributed by atoms with van der Waals surface area (Å²) in [6.45, 7) is 9.12. The smallest absolute Gasteiger partial charge is 0.146 e. The Morgan fingerprint density at radius 1 is 1.17 bits per heavy atom. The van der Waals surface area contributed by atoms with Gasteiger partial charge in [-0.1, -0.05) is 6.92 Å². The fourth-order valence-corrected chi connectivity index (χ4v) is 1.82. The summed E-state index contributed by atoms with van der Waals surface area (Å²) in [5.41, 5.74) is 3.18. The molecule has 0 radical (unpaired) electrons. The second-order valence-electron chi connectivity index (χ2n) is 4.38. The van der Waals surface area contributed by atoms with Crippen molar-refractivity contribution >= 4 is 5.82 Å². The van der Waals surface area contributed by atoms with Crippen molar-refractivity contribution in [2.24, 2.45) is 0 Å². The highest BCUT2D eigenvalue weighted by Crippen LogP contribution is 2.19. The summed E-state index contributed by atoms with van der Waals surface area (Å²) in [6.07, 6.45) is 4.47. The van der Waals surface area contributed by atoms with Gasteiger partial charge in [0.05, 0.1) is 5.69 Å². The number of nitrogens with zero attached hydrogens (tertiary/aromatic N) is 4. The van der Waals surface area contributed by atoms with Crippen LogP contribution in [0.25, 0.3) is 5.82 Å². The van der Waals surface area contributed by atoms with Crippen LogP contribution in [0.4, 0.5) is 5.82 Å². The molecule has 5 nitrogen and oxygen atoms in total. The molecule has 0 aliphatic carbocycles. The lowest BCUT2D eigenvalue weighted by Gasteiger charge is -2.12. The van der Waals surface area contributed by atoms with Gasteiger partial charge in [0.1, 0.15) is 24.3 Å². The molecule has 0 saturated carbocycles. The summed E-state index contributed by atoms with van der Waals surface area (Å²) in [5, 5.41) is 3.31. The molecule has 1 N–H and O–H groups in total. The number of anilines is 1. The zero-order valence-electron chi connectivity index (χ0n) is 11.4. The minimum absolute atomic E-state index is 0.890. The largest absolute Gasteiger partial charge is 0.370 e. The van der Waals surface area contributed by atoms with Gasteiger partial charge in [-0.3, -0.25) is 4.57 Å². The van der Waals surface area contributed by atoms with Gasteiger partial charge in [0.15, 0.2) is 0 Å². The van der Waals surface area contributed by atoms with Gasteiger partial charge in [-0.15, -0.1) is 0 Å². The minimum Gasteiger partial charge on any atom is -0.370 e. The maximum atomic E-state index is 4.36. The lowest BCUT2D eigenvalue weighted by atomic mass is 10.3. The number of hydrogen-bond acceptors (Lipinski definition) is 4. The maximum Gasteiger partial charge on any atom is 0.146 e. The quantitative estimate of drug-likeness (QED) is 0.898. The molecule has 2 heterocycles. The normalized spacial score (nSPS) is 10.7. The number of rotatable bonds is 4. The number of aromatic nitrogens is 4. The van der Waals surface area contributed by atoms with Crippen molar-refractivity contribution in [2.75, 3.05) is 11.9 Å². The molecular weight excluding hydrogens is 226 g/mol. The maximum absolute atomic E-state index is 4.36. The molecule has 0 fully saturated rings. The number of nitrogens with one attached hydrogen (secondary N) is 1. The summed E-state index contributed by atoms with van der Waals surface area (Å²) in [7, 11) is 0. The Morgan fingerprint density at radius 2 is 1.94 bits per heavy atom. The van der Waals surface area contributed by atoms with Gasteiger partial charge in [-0.05, 0) is 27.2 Å². The standard InChI is InChI=1S/C13H19N5/c1-5-6-14-12-9(2)13(16-7-15-12)18-8-17-10(3)11(18)4/h7-8H,5-6H2,1-4H3,(H,14,15,16). The van der Waals surface area contributed by atoms with Gasteiger partial charge in [-0.2, -0.15) is 0 Å². The Bertz CT molecular complexity index is 544. The van der Waals surface area contributed by atoms with Crippen LogP contribution >= 0.6 is 0 Å². The molecule has 0 saturated heterocycles. The van der Waals surface area contributed by atoms with Crippen LogP contribution < -0.4 is 5.32 Å². The summed E-state index contributed by atoms with van der Waals surface area (Å²) in [6, 6.07) is 0. The van der Waals surface area contributed by atoms with E-state index >= 15 is 0 Å². The van der Waals surface area contributed by atoms with Crippen LogP contribution in [0.3, 0.4) is 0 Å². The van der Waals surface area contributed by atoms with Crippen molar-refractivity contribution in [3.8, 4) is 5.82 Å². The highest BCUT2D eigenvalue weighted by Gasteiger charge is 2.11. The van der Waals surface area contributed by atoms with Crippen molar-refractivity contribution in [3.05, 3.63) is 29.6 Å². The van der Waals surface area contributed by atoms with Crippen molar-refractivity contribution in [1.82, 2.24) is 19.5 Å². The van der Waals surface area contributed by atoms with Crippen molar-refractivity contribution in [3.63, 3.8) is 0 Å². The molecule has 0 bridgehead atoms. The Kier molecular flexibility index (Phi) is 3.60. The molecule has 0 amide bonds. The van der Waals surface area contributed by atoms with Crippen molar-refractivity contribution in [1.29, 1.82) is 0 Å². The van der Waals surface area contributed by atoms with Crippen molar-refractivity contribution in [2.45, 2.75) is 34.1 Å². The molecule has 18 heavy (non-hydrogen) atoms. The Balaban J connectivity index is 2.42. The molecule has 0 aliphatic rings. The first-order chi connectivity index (χ1) is 8.65. The molecule has 0 atom stereocenters. The summed E-state index contributed by atoms with van der Waals surface area (Å²) in [4.78, 5) is 13.0. The van der Waals surface area contributed by atoms with Crippen LogP contribution in [0.1, 0.15) is 30.3 Å². The van der Waals surface area contributed by atoms with E-state index in [0.717, 1.165) is 41.6 Å². The first kappa shape index (κ1) is 12.5. The molecule has 0 spiro atoms. The van der Waals surface area contributed by atoms with E-state index in [2.05, 4.69) is 27.2 Å². The Hall–Kier alpha value is -1.91. The summed E-state index contributed by atoms with van der Waals surface area (Å²) < 4.78 is 2.00. The van der Waals surface area contributed by atoms with E-state index in [1.807, 2.05) is 31.7 Å². The third-order valence-electron chi connectivity index (χ3n) is 3.08. The lowest BCUT2D eigenvalue weighted by molar-refractivity contribution is 0.906. The summed E-state index contributed by atoms with van der Waals surface area (Å²) >= 11 is 0. The van der Waals surface area contributed by atoms with Crippen molar-refractivity contribution < 1.29 is 0 Å². The topological polar surface area (TPSA) is 55.6 Å². The minimum atomic E-state index is 0.890. The third kappa shape index (κ3) is 2.20. The number of imidazole rings is 1. The van der Waals surface area contributed by atoms with Crippen LogP contribution in [0.5, 0.6) is 0 Å². The van der Waals surface area contributed by atoms with Crippen LogP contribution in [0.2, 0.25) is 0 Å². The van der Waals surface area contributed by atoms with Crippen LogP contribution in [-0.2, 0) is 0 Å².